The van der Waals surface area contributed by atoms with Crippen LogP contribution in [0, 0.1) is 0 Å². The molecule has 0 amide bonds. The van der Waals surface area contributed by atoms with Crippen LogP contribution in [-0.2, 0) is 0 Å². The summed E-state index contributed by atoms with van der Waals surface area (Å²) in [5, 5.41) is 8.44. The van der Waals surface area contributed by atoms with E-state index in [1.165, 1.54) is 33.0 Å². The largest absolute Gasteiger partial charge is 0.456 e. The number of furan rings is 1. The molecule has 36 heavy (non-hydrogen) atoms. The van der Waals surface area contributed by atoms with E-state index in [0.717, 1.165) is 33.3 Å². The van der Waals surface area contributed by atoms with Gasteiger partial charge in [-0.3, -0.25) is 0 Å². The molecule has 2 heteroatoms. The van der Waals surface area contributed by atoms with Crippen LogP contribution in [-0.4, -0.2) is 0 Å². The highest BCUT2D eigenvalue weighted by molar-refractivity contribution is 6.09. The Kier molecular flexibility index (Phi) is 4.82. The molecule has 6 aromatic carbocycles. The molecule has 0 aliphatic heterocycles. The molecule has 0 atom stereocenters. The van der Waals surface area contributed by atoms with Crippen LogP contribution >= 0.6 is 0 Å². The second-order valence-electron chi connectivity index (χ2n) is 9.06. The van der Waals surface area contributed by atoms with E-state index in [1.807, 2.05) is 18.2 Å². The quantitative estimate of drug-likeness (QED) is 0.282. The first kappa shape index (κ1) is 20.5. The van der Waals surface area contributed by atoms with Crippen LogP contribution in [0.1, 0.15) is 0 Å². The molecule has 0 saturated carbocycles. The summed E-state index contributed by atoms with van der Waals surface area (Å²) in [7, 11) is 0. The summed E-state index contributed by atoms with van der Waals surface area (Å²) in [4.78, 5) is 0. The van der Waals surface area contributed by atoms with Crippen molar-refractivity contribution < 1.29 is 4.42 Å². The summed E-state index contributed by atoms with van der Waals surface area (Å²) in [5.41, 5.74) is 8.76. The lowest BCUT2D eigenvalue weighted by Crippen LogP contribution is -1.94. The lowest BCUT2D eigenvalue weighted by Gasteiger charge is -2.16. The molecule has 1 N–H and O–H groups in total. The van der Waals surface area contributed by atoms with Crippen molar-refractivity contribution in [2.45, 2.75) is 0 Å². The number of rotatable bonds is 4. The Bertz CT molecular complexity index is 1860. The van der Waals surface area contributed by atoms with Crippen molar-refractivity contribution in [2.75, 3.05) is 5.32 Å². The van der Waals surface area contributed by atoms with E-state index in [-0.39, 0.29) is 0 Å². The maximum absolute atomic E-state index is 6.03. The van der Waals surface area contributed by atoms with Crippen molar-refractivity contribution in [1.29, 1.82) is 0 Å². The van der Waals surface area contributed by atoms with Crippen LogP contribution in [0.2, 0.25) is 0 Å². The zero-order valence-electron chi connectivity index (χ0n) is 19.6. The molecular weight excluding hydrogens is 438 g/mol. The van der Waals surface area contributed by atoms with Crippen molar-refractivity contribution >= 4 is 44.1 Å². The minimum Gasteiger partial charge on any atom is -0.456 e. The average Bonchev–Trinajstić information content (AvgIpc) is 3.31. The number of hydrogen-bond donors (Lipinski definition) is 1. The summed E-state index contributed by atoms with van der Waals surface area (Å²) >= 11 is 0. The van der Waals surface area contributed by atoms with E-state index in [4.69, 9.17) is 4.42 Å². The smallest absolute Gasteiger partial charge is 0.135 e. The van der Waals surface area contributed by atoms with Gasteiger partial charge in [-0.05, 0) is 57.8 Å². The van der Waals surface area contributed by atoms with Gasteiger partial charge in [-0.1, -0.05) is 103 Å². The van der Waals surface area contributed by atoms with Gasteiger partial charge < -0.3 is 9.73 Å². The van der Waals surface area contributed by atoms with Crippen LogP contribution in [0.5, 0.6) is 0 Å². The Hall–Kier alpha value is -4.82. The average molecular weight is 462 g/mol. The van der Waals surface area contributed by atoms with Gasteiger partial charge in [-0.15, -0.1) is 0 Å². The number of para-hydroxylation sites is 2. The van der Waals surface area contributed by atoms with Crippen molar-refractivity contribution in [3.05, 3.63) is 133 Å². The Balaban J connectivity index is 1.38. The van der Waals surface area contributed by atoms with Crippen molar-refractivity contribution in [1.82, 2.24) is 0 Å². The summed E-state index contributed by atoms with van der Waals surface area (Å²) in [6.07, 6.45) is 0. The fraction of sp³-hybridized carbons (Fsp3) is 0. The molecule has 2 nitrogen and oxygen atoms in total. The highest BCUT2D eigenvalue weighted by atomic mass is 16.3. The normalized spacial score (nSPS) is 11.3. The monoisotopic (exact) mass is 461 g/mol. The molecule has 0 unspecified atom stereocenters. The Labute approximate surface area is 209 Å². The van der Waals surface area contributed by atoms with Crippen LogP contribution in [0.25, 0.3) is 55.0 Å². The Morgan fingerprint density at radius 2 is 1.17 bits per heavy atom. The molecule has 7 aromatic rings. The third-order valence-electron chi connectivity index (χ3n) is 6.86. The van der Waals surface area contributed by atoms with Gasteiger partial charge in [-0.2, -0.15) is 0 Å². The highest BCUT2D eigenvalue weighted by Gasteiger charge is 2.14. The third-order valence-corrected chi connectivity index (χ3v) is 6.86. The van der Waals surface area contributed by atoms with Gasteiger partial charge in [0.15, 0.2) is 0 Å². The predicted molar refractivity (Wildman–Crippen MR) is 152 cm³/mol. The number of benzene rings is 6. The number of hydrogen-bond acceptors (Lipinski definition) is 2. The van der Waals surface area contributed by atoms with E-state index >= 15 is 0 Å². The minimum atomic E-state index is 0.900. The number of anilines is 2. The molecule has 7 rings (SSSR count). The molecule has 0 aliphatic rings. The first-order valence-corrected chi connectivity index (χ1v) is 12.2. The number of nitrogens with one attached hydrogen (secondary N) is 1. The van der Waals surface area contributed by atoms with Crippen LogP contribution < -0.4 is 5.32 Å². The molecule has 0 spiro atoms. The van der Waals surface area contributed by atoms with Gasteiger partial charge in [0, 0.05) is 27.7 Å². The molecule has 0 fully saturated rings. The maximum atomic E-state index is 6.03. The topological polar surface area (TPSA) is 25.2 Å². The summed E-state index contributed by atoms with van der Waals surface area (Å²) < 4.78 is 6.03. The second-order valence-corrected chi connectivity index (χ2v) is 9.06. The molecule has 0 bridgehead atoms. The zero-order valence-corrected chi connectivity index (χ0v) is 19.6. The van der Waals surface area contributed by atoms with E-state index in [0.29, 0.717) is 0 Å². The van der Waals surface area contributed by atoms with Gasteiger partial charge >= 0.3 is 0 Å². The molecule has 1 heterocycles. The van der Waals surface area contributed by atoms with Crippen LogP contribution in [0.4, 0.5) is 11.4 Å². The number of fused-ring (bicyclic) bond motifs is 4. The molecular formula is C34H23NO. The van der Waals surface area contributed by atoms with Crippen molar-refractivity contribution in [2.24, 2.45) is 0 Å². The molecule has 0 radical (unpaired) electrons. The van der Waals surface area contributed by atoms with Crippen molar-refractivity contribution in [3.63, 3.8) is 0 Å². The van der Waals surface area contributed by atoms with E-state index in [1.54, 1.807) is 0 Å². The predicted octanol–water partition coefficient (Wildman–Crippen LogP) is 9.82. The van der Waals surface area contributed by atoms with E-state index < -0.39 is 0 Å². The molecule has 0 saturated heterocycles. The minimum absolute atomic E-state index is 0.900. The fourth-order valence-corrected chi connectivity index (χ4v) is 5.21. The van der Waals surface area contributed by atoms with Gasteiger partial charge in [0.2, 0.25) is 0 Å². The van der Waals surface area contributed by atoms with E-state index in [2.05, 4.69) is 121 Å². The second kappa shape index (κ2) is 8.44. The highest BCUT2D eigenvalue weighted by Crippen LogP contribution is 2.40. The maximum Gasteiger partial charge on any atom is 0.135 e. The van der Waals surface area contributed by atoms with Gasteiger partial charge in [0.1, 0.15) is 11.2 Å². The van der Waals surface area contributed by atoms with Gasteiger partial charge in [0.05, 0.1) is 0 Å². The van der Waals surface area contributed by atoms with Crippen LogP contribution in [0.15, 0.2) is 138 Å². The molecule has 170 valence electrons. The van der Waals surface area contributed by atoms with Crippen molar-refractivity contribution in [3.8, 4) is 22.3 Å². The fourth-order valence-electron chi connectivity index (χ4n) is 5.21. The first-order valence-electron chi connectivity index (χ1n) is 12.2. The third kappa shape index (κ3) is 3.43. The zero-order chi connectivity index (χ0) is 23.9. The first-order chi connectivity index (χ1) is 17.8. The SMILES string of the molecule is c1ccc(-c2cccc3cccc(-c4ccccc4Nc4ccc5oc6ccccc6c5c4)c23)cc1. The molecule has 0 aliphatic carbocycles. The molecule has 1 aromatic heterocycles. The van der Waals surface area contributed by atoms with Gasteiger partial charge in [0.25, 0.3) is 0 Å². The standard InChI is InChI=1S/C34H23NO/c1-2-10-23(11-3-1)26-16-8-12-24-13-9-17-29(34(24)26)27-14-4-6-18-31(27)35-25-20-21-33-30(22-25)28-15-5-7-19-32(28)36-33/h1-22,35H. The summed E-state index contributed by atoms with van der Waals surface area (Å²) in [5.74, 6) is 0. The van der Waals surface area contributed by atoms with Crippen LogP contribution in [0.3, 0.4) is 0 Å². The Morgan fingerprint density at radius 1 is 0.472 bits per heavy atom. The Morgan fingerprint density at radius 3 is 2.06 bits per heavy atom. The van der Waals surface area contributed by atoms with Gasteiger partial charge in [-0.25, -0.2) is 0 Å². The van der Waals surface area contributed by atoms with E-state index in [9.17, 15) is 0 Å². The summed E-state index contributed by atoms with van der Waals surface area (Å²) in [6.45, 7) is 0. The lowest BCUT2D eigenvalue weighted by molar-refractivity contribution is 0.669. The lowest BCUT2D eigenvalue weighted by atomic mass is 9.91. The summed E-state index contributed by atoms with van der Waals surface area (Å²) in [6, 6.07) is 46.8.